The van der Waals surface area contributed by atoms with E-state index in [1.807, 2.05) is 0 Å². The van der Waals surface area contributed by atoms with E-state index >= 15 is 0 Å². The number of alkyl halides is 3. The Morgan fingerprint density at radius 3 is 2.52 bits per heavy atom. The molecule has 0 unspecified atom stereocenters. The molecule has 4 nitrogen and oxygen atoms in total. The van der Waals surface area contributed by atoms with Crippen LogP contribution in [0.15, 0.2) is 17.8 Å². The molecule has 0 aromatic carbocycles. The van der Waals surface area contributed by atoms with Gasteiger partial charge >= 0.3 is 12.3 Å². The Bertz CT molecular complexity index is 577. The summed E-state index contributed by atoms with van der Waals surface area (Å²) in [6.07, 6.45) is -2.01. The fraction of sp³-hybridized carbons (Fsp3) is 0.385. The van der Waals surface area contributed by atoms with Gasteiger partial charge in [-0.15, -0.1) is 0 Å². The van der Waals surface area contributed by atoms with Crippen LogP contribution in [0.1, 0.15) is 24.1 Å². The van der Waals surface area contributed by atoms with E-state index in [0.29, 0.717) is 25.9 Å². The van der Waals surface area contributed by atoms with Crippen LogP contribution in [-0.4, -0.2) is 34.2 Å². The number of halogens is 4. The Labute approximate surface area is 123 Å². The molecule has 0 bridgehead atoms. The van der Waals surface area contributed by atoms with Gasteiger partial charge in [-0.3, -0.25) is 4.98 Å². The van der Waals surface area contributed by atoms with Gasteiger partial charge in [0.2, 0.25) is 0 Å². The molecule has 21 heavy (non-hydrogen) atoms. The third kappa shape index (κ3) is 3.87. The average Bonchev–Trinajstić information content (AvgIpc) is 2.40. The first-order valence-corrected chi connectivity index (χ1v) is 6.55. The van der Waals surface area contributed by atoms with E-state index in [1.54, 1.807) is 6.08 Å². The highest BCUT2D eigenvalue weighted by atomic mass is 35.5. The maximum absolute atomic E-state index is 12.7. The molecular weight excluding hydrogens is 309 g/mol. The summed E-state index contributed by atoms with van der Waals surface area (Å²) in [5.41, 5.74) is 0.120. The van der Waals surface area contributed by atoms with Crippen LogP contribution in [0.4, 0.5) is 18.0 Å². The quantitative estimate of drug-likeness (QED) is 0.853. The third-order valence-corrected chi connectivity index (χ3v) is 3.51. The van der Waals surface area contributed by atoms with Crippen molar-refractivity contribution in [3.05, 3.63) is 34.1 Å². The molecule has 0 aliphatic carbocycles. The van der Waals surface area contributed by atoms with Crippen molar-refractivity contribution in [2.45, 2.75) is 19.0 Å². The number of hydrogen-bond donors (Lipinski definition) is 1. The van der Waals surface area contributed by atoms with E-state index in [9.17, 15) is 18.0 Å². The summed E-state index contributed by atoms with van der Waals surface area (Å²) in [6, 6.07) is 0.902. The molecule has 8 heteroatoms. The van der Waals surface area contributed by atoms with Crippen molar-refractivity contribution in [2.75, 3.05) is 13.1 Å². The lowest BCUT2D eigenvalue weighted by atomic mass is 10.0. The van der Waals surface area contributed by atoms with Gasteiger partial charge in [-0.1, -0.05) is 17.2 Å². The van der Waals surface area contributed by atoms with Crippen LogP contribution in [0.25, 0.3) is 6.08 Å². The highest BCUT2D eigenvalue weighted by molar-refractivity contribution is 6.31. The average molecular weight is 321 g/mol. The molecule has 0 spiro atoms. The molecule has 2 rings (SSSR count). The van der Waals surface area contributed by atoms with Gasteiger partial charge in [0.05, 0.1) is 16.3 Å². The van der Waals surface area contributed by atoms with Crippen molar-refractivity contribution in [1.82, 2.24) is 9.88 Å². The number of carbonyl (C=O) groups is 1. The van der Waals surface area contributed by atoms with E-state index < -0.39 is 22.9 Å². The monoisotopic (exact) mass is 320 g/mol. The molecule has 1 aromatic heterocycles. The molecule has 1 fully saturated rings. The molecule has 1 aliphatic rings. The highest BCUT2D eigenvalue weighted by Gasteiger charge is 2.33. The molecule has 1 aromatic rings. The molecular formula is C13H12ClF3N2O2. The van der Waals surface area contributed by atoms with Gasteiger partial charge in [-0.25, -0.2) is 4.79 Å². The highest BCUT2D eigenvalue weighted by Crippen LogP contribution is 2.35. The molecule has 1 amide bonds. The number of carboxylic acid groups (broad SMARTS) is 1. The normalized spacial score (nSPS) is 16.0. The Hall–Kier alpha value is -1.76. The van der Waals surface area contributed by atoms with Gasteiger partial charge < -0.3 is 10.0 Å². The standard InChI is InChI=1S/C13H12ClF3N2O2/c14-11-7-18-9(6-10(11)13(15,16)17)5-8-1-3-19(4-2-8)12(20)21/h5-7H,1-4H2,(H,20,21). The third-order valence-electron chi connectivity index (χ3n) is 3.21. The van der Waals surface area contributed by atoms with Crippen LogP contribution in [0.3, 0.4) is 0 Å². The van der Waals surface area contributed by atoms with E-state index in [0.717, 1.165) is 17.8 Å². The van der Waals surface area contributed by atoms with Gasteiger partial charge in [0.1, 0.15) is 0 Å². The summed E-state index contributed by atoms with van der Waals surface area (Å²) < 4.78 is 38.2. The summed E-state index contributed by atoms with van der Waals surface area (Å²) >= 11 is 5.50. The van der Waals surface area contributed by atoms with Gasteiger partial charge in [-0.2, -0.15) is 13.2 Å². The molecule has 1 N–H and O–H groups in total. The van der Waals surface area contributed by atoms with Crippen molar-refractivity contribution in [2.24, 2.45) is 0 Å². The second kappa shape index (κ2) is 5.93. The number of rotatable bonds is 1. The van der Waals surface area contributed by atoms with Gasteiger partial charge in [0, 0.05) is 19.3 Å². The zero-order chi connectivity index (χ0) is 15.6. The first-order chi connectivity index (χ1) is 9.77. The molecule has 114 valence electrons. The zero-order valence-electron chi connectivity index (χ0n) is 10.8. The van der Waals surface area contributed by atoms with Crippen LogP contribution in [0.5, 0.6) is 0 Å². The predicted octanol–water partition coefficient (Wildman–Crippen LogP) is 3.91. The van der Waals surface area contributed by atoms with Gasteiger partial charge in [-0.05, 0) is 25.0 Å². The fourth-order valence-electron chi connectivity index (χ4n) is 2.09. The lowest BCUT2D eigenvalue weighted by Crippen LogP contribution is -2.35. The maximum Gasteiger partial charge on any atom is 0.417 e. The Morgan fingerprint density at radius 2 is 2.00 bits per heavy atom. The van der Waals surface area contributed by atoms with E-state index in [2.05, 4.69) is 4.98 Å². The number of aromatic nitrogens is 1. The second-order valence-electron chi connectivity index (χ2n) is 4.66. The first-order valence-electron chi connectivity index (χ1n) is 6.17. The van der Waals surface area contributed by atoms with E-state index in [-0.39, 0.29) is 5.69 Å². The minimum atomic E-state index is -4.53. The topological polar surface area (TPSA) is 53.4 Å². The predicted molar refractivity (Wildman–Crippen MR) is 71.1 cm³/mol. The summed E-state index contributed by atoms with van der Waals surface area (Å²) in [6.45, 7) is 0.668. The van der Waals surface area contributed by atoms with Crippen LogP contribution in [-0.2, 0) is 6.18 Å². The fourth-order valence-corrected chi connectivity index (χ4v) is 2.30. The first kappa shape index (κ1) is 15.6. The molecule has 2 heterocycles. The molecule has 1 aliphatic heterocycles. The summed E-state index contributed by atoms with van der Waals surface area (Å²) in [7, 11) is 0. The number of likely N-dealkylation sites (tertiary alicyclic amines) is 1. The van der Waals surface area contributed by atoms with Crippen molar-refractivity contribution >= 4 is 23.8 Å². The number of piperidine rings is 1. The number of hydrogen-bond acceptors (Lipinski definition) is 2. The van der Waals surface area contributed by atoms with Crippen molar-refractivity contribution in [3.8, 4) is 0 Å². The van der Waals surface area contributed by atoms with E-state index in [4.69, 9.17) is 16.7 Å². The molecule has 0 saturated carbocycles. The molecule has 0 atom stereocenters. The van der Waals surface area contributed by atoms with Gasteiger partial charge in [0.25, 0.3) is 0 Å². The van der Waals surface area contributed by atoms with Crippen LogP contribution >= 0.6 is 11.6 Å². The smallest absolute Gasteiger partial charge is 0.417 e. The summed E-state index contributed by atoms with van der Waals surface area (Å²) in [5, 5.41) is 8.39. The second-order valence-corrected chi connectivity index (χ2v) is 5.07. The number of pyridine rings is 1. The largest absolute Gasteiger partial charge is 0.465 e. The van der Waals surface area contributed by atoms with Crippen molar-refractivity contribution in [3.63, 3.8) is 0 Å². The lowest BCUT2D eigenvalue weighted by molar-refractivity contribution is -0.137. The summed E-state index contributed by atoms with van der Waals surface area (Å²) in [5.74, 6) is 0. The minimum Gasteiger partial charge on any atom is -0.465 e. The summed E-state index contributed by atoms with van der Waals surface area (Å²) in [4.78, 5) is 15.9. The van der Waals surface area contributed by atoms with Crippen molar-refractivity contribution < 1.29 is 23.1 Å². The Kier molecular flexibility index (Phi) is 4.41. The number of nitrogens with zero attached hydrogens (tertiary/aromatic N) is 2. The molecule has 1 saturated heterocycles. The van der Waals surface area contributed by atoms with Crippen LogP contribution in [0, 0.1) is 0 Å². The molecule has 0 radical (unpaired) electrons. The van der Waals surface area contributed by atoms with Crippen molar-refractivity contribution in [1.29, 1.82) is 0 Å². The minimum absolute atomic E-state index is 0.172. The zero-order valence-corrected chi connectivity index (χ0v) is 11.6. The van der Waals surface area contributed by atoms with E-state index in [1.165, 1.54) is 4.90 Å². The maximum atomic E-state index is 12.7. The Balaban J connectivity index is 2.17. The van der Waals surface area contributed by atoms with Crippen LogP contribution in [0.2, 0.25) is 5.02 Å². The lowest BCUT2D eigenvalue weighted by Gasteiger charge is -2.25. The number of amides is 1. The Morgan fingerprint density at radius 1 is 1.38 bits per heavy atom. The van der Waals surface area contributed by atoms with Gasteiger partial charge in [0.15, 0.2) is 0 Å². The SMILES string of the molecule is O=C(O)N1CCC(=Cc2cc(C(F)(F)F)c(Cl)cn2)CC1. The van der Waals surface area contributed by atoms with Crippen LogP contribution < -0.4 is 0 Å².